The highest BCUT2D eigenvalue weighted by atomic mass is 32.2. The largest absolute Gasteiger partial charge is 0.573 e. The molecule has 0 aliphatic rings. The number of nitrogens with one attached hydrogen (secondary N) is 1. The third-order valence-corrected chi connectivity index (χ3v) is 5.73. The Labute approximate surface area is 186 Å². The molecule has 0 saturated heterocycles. The van der Waals surface area contributed by atoms with E-state index in [-0.39, 0.29) is 0 Å². The van der Waals surface area contributed by atoms with Gasteiger partial charge in [0.2, 0.25) is 10.0 Å². The molecular weight excluding hydrogens is 471 g/mol. The predicted molar refractivity (Wildman–Crippen MR) is 115 cm³/mol. The van der Waals surface area contributed by atoms with E-state index in [1.54, 1.807) is 25.1 Å². The zero-order valence-electron chi connectivity index (χ0n) is 16.7. The van der Waals surface area contributed by atoms with Crippen LogP contribution in [0.15, 0.2) is 41.3 Å². The number of hydrogen-bond donors (Lipinski definition) is 3. The summed E-state index contributed by atoms with van der Waals surface area (Å²) in [6, 6.07) is 6.31. The highest BCUT2D eigenvalue weighted by Gasteiger charge is 2.34. The van der Waals surface area contributed by atoms with Gasteiger partial charge in [0.05, 0.1) is 21.6 Å². The number of aryl methyl sites for hydroxylation is 2. The minimum absolute atomic E-state index is 0.329. The van der Waals surface area contributed by atoms with Crippen LogP contribution in [-0.4, -0.2) is 30.4 Å². The quantitative estimate of drug-likeness (QED) is 0.471. The molecule has 0 unspecified atom stereocenters. The van der Waals surface area contributed by atoms with Gasteiger partial charge in [-0.15, -0.1) is 13.2 Å². The van der Waals surface area contributed by atoms with Crippen LogP contribution in [0, 0.1) is 6.92 Å². The standard InChI is InChI=1S/C18H18F3N5O4S2/c1-3-25-10(2)23-12-5-4-6-13(16(12)25)24-17(27)26(31)14-9-11(32(22,28)29)7-8-15(14)30-18(19,20)21/h4-9,31H,3H2,1-2H3,(H,24,27)(H2,22,28,29). The summed E-state index contributed by atoms with van der Waals surface area (Å²) in [5.41, 5.74) is 0.953. The van der Waals surface area contributed by atoms with Gasteiger partial charge >= 0.3 is 12.4 Å². The van der Waals surface area contributed by atoms with Gasteiger partial charge in [-0.25, -0.2) is 27.6 Å². The molecule has 1 aromatic heterocycles. The van der Waals surface area contributed by atoms with Crippen molar-refractivity contribution < 1.29 is 31.1 Å². The lowest BCUT2D eigenvalue weighted by atomic mass is 10.2. The summed E-state index contributed by atoms with van der Waals surface area (Å²) >= 11 is 3.97. The number of urea groups is 1. The number of ether oxygens (including phenoxy) is 1. The zero-order valence-corrected chi connectivity index (χ0v) is 18.4. The van der Waals surface area contributed by atoms with Gasteiger partial charge in [-0.05, 0) is 44.2 Å². The van der Waals surface area contributed by atoms with Crippen LogP contribution in [0.5, 0.6) is 5.75 Å². The number of nitrogens with zero attached hydrogens (tertiary/aromatic N) is 3. The molecule has 14 heteroatoms. The van der Waals surface area contributed by atoms with Crippen molar-refractivity contribution in [2.24, 2.45) is 5.14 Å². The molecule has 0 atom stereocenters. The van der Waals surface area contributed by atoms with Crippen molar-refractivity contribution in [3.63, 3.8) is 0 Å². The van der Waals surface area contributed by atoms with Crippen LogP contribution in [0.1, 0.15) is 12.7 Å². The van der Waals surface area contributed by atoms with Crippen molar-refractivity contribution in [2.75, 3.05) is 9.62 Å². The molecule has 3 N–H and O–H groups in total. The first kappa shape index (κ1) is 23.7. The first-order valence-electron chi connectivity index (χ1n) is 9.00. The number of sulfonamides is 1. The molecule has 0 bridgehead atoms. The lowest BCUT2D eigenvalue weighted by Crippen LogP contribution is -2.29. The molecule has 3 aromatic rings. The molecule has 9 nitrogen and oxygen atoms in total. The Hall–Kier alpha value is -2.97. The number of halogens is 3. The van der Waals surface area contributed by atoms with Gasteiger partial charge in [0, 0.05) is 6.54 Å². The van der Waals surface area contributed by atoms with Crippen LogP contribution < -0.4 is 19.5 Å². The van der Waals surface area contributed by atoms with E-state index >= 15 is 0 Å². The summed E-state index contributed by atoms with van der Waals surface area (Å²) in [5.74, 6) is -0.142. The molecule has 2 aromatic carbocycles. The molecule has 3 rings (SSSR count). The predicted octanol–water partition coefficient (Wildman–Crippen LogP) is 3.79. The summed E-state index contributed by atoms with van der Waals surface area (Å²) in [7, 11) is -4.28. The van der Waals surface area contributed by atoms with Crippen molar-refractivity contribution in [3.05, 3.63) is 42.2 Å². The fraction of sp³-hybridized carbons (Fsp3) is 0.222. The summed E-state index contributed by atoms with van der Waals surface area (Å²) in [6.07, 6.45) is -5.10. The van der Waals surface area contributed by atoms with E-state index in [4.69, 9.17) is 5.14 Å². The van der Waals surface area contributed by atoms with Crippen molar-refractivity contribution in [3.8, 4) is 5.75 Å². The Morgan fingerprint density at radius 1 is 1.31 bits per heavy atom. The van der Waals surface area contributed by atoms with Gasteiger partial charge in [-0.2, -0.15) is 0 Å². The number of carbonyl (C=O) groups excluding carboxylic acids is 1. The third-order valence-electron chi connectivity index (χ3n) is 4.42. The topological polar surface area (TPSA) is 120 Å². The molecule has 0 radical (unpaired) electrons. The number of thiol groups is 1. The second-order valence-corrected chi connectivity index (χ2v) is 8.50. The number of carbonyl (C=O) groups is 1. The van der Waals surface area contributed by atoms with Crippen molar-refractivity contribution in [1.29, 1.82) is 0 Å². The summed E-state index contributed by atoms with van der Waals surface area (Å²) in [4.78, 5) is 16.7. The van der Waals surface area contributed by atoms with Crippen LogP contribution >= 0.6 is 12.8 Å². The number of anilines is 2. The number of aromatic nitrogens is 2. The van der Waals surface area contributed by atoms with Crippen LogP contribution in [0.3, 0.4) is 0 Å². The first-order valence-corrected chi connectivity index (χ1v) is 10.9. The Kier molecular flexibility index (Phi) is 6.31. The number of imidazole rings is 1. The Morgan fingerprint density at radius 3 is 2.59 bits per heavy atom. The second-order valence-electron chi connectivity index (χ2n) is 6.54. The van der Waals surface area contributed by atoms with Crippen LogP contribution in [0.25, 0.3) is 11.0 Å². The fourth-order valence-electron chi connectivity index (χ4n) is 3.12. The molecule has 32 heavy (non-hydrogen) atoms. The first-order chi connectivity index (χ1) is 14.8. The maximum Gasteiger partial charge on any atom is 0.573 e. The maximum absolute atomic E-state index is 12.8. The molecule has 2 amide bonds. The SMILES string of the molecule is CCn1c(C)nc2cccc(NC(=O)N(S)c3cc(S(N)(=O)=O)ccc3OC(F)(F)F)c21. The second kappa shape index (κ2) is 8.52. The number of benzene rings is 2. The number of hydrogen-bond acceptors (Lipinski definition) is 6. The molecular formula is C18H18F3N5O4S2. The third kappa shape index (κ3) is 4.92. The van der Waals surface area contributed by atoms with E-state index in [9.17, 15) is 26.4 Å². The van der Waals surface area contributed by atoms with E-state index in [1.165, 1.54) is 0 Å². The average Bonchev–Trinajstić information content (AvgIpc) is 3.01. The summed E-state index contributed by atoms with van der Waals surface area (Å²) in [6.45, 7) is 4.23. The number of primary sulfonamides is 1. The van der Waals surface area contributed by atoms with Crippen LogP contribution in [0.2, 0.25) is 0 Å². The lowest BCUT2D eigenvalue weighted by Gasteiger charge is -2.21. The van der Waals surface area contributed by atoms with Gasteiger partial charge < -0.3 is 14.6 Å². The molecule has 0 spiro atoms. The normalized spacial score (nSPS) is 12.1. The van der Waals surface area contributed by atoms with Gasteiger partial charge in [0.25, 0.3) is 0 Å². The smallest absolute Gasteiger partial charge is 0.404 e. The van der Waals surface area contributed by atoms with Gasteiger partial charge in [-0.3, -0.25) is 0 Å². The van der Waals surface area contributed by atoms with E-state index < -0.39 is 38.7 Å². The van der Waals surface area contributed by atoms with Crippen molar-refractivity contribution >= 4 is 51.3 Å². The molecule has 0 aliphatic carbocycles. The highest BCUT2D eigenvalue weighted by Crippen LogP contribution is 2.36. The Morgan fingerprint density at radius 2 is 2.00 bits per heavy atom. The average molecular weight is 490 g/mol. The van der Waals surface area contributed by atoms with Crippen LogP contribution in [0.4, 0.5) is 29.3 Å². The summed E-state index contributed by atoms with van der Waals surface area (Å²) in [5, 5.41) is 7.61. The van der Waals surface area contributed by atoms with E-state index in [0.717, 1.165) is 18.2 Å². The van der Waals surface area contributed by atoms with E-state index in [0.29, 0.717) is 33.4 Å². The van der Waals surface area contributed by atoms with Gasteiger partial charge in [0.1, 0.15) is 11.5 Å². The van der Waals surface area contributed by atoms with Crippen molar-refractivity contribution in [1.82, 2.24) is 9.55 Å². The minimum atomic E-state index is -5.10. The summed E-state index contributed by atoms with van der Waals surface area (Å²) < 4.78 is 68.0. The Balaban J connectivity index is 2.02. The number of alkyl halides is 3. The Bertz CT molecular complexity index is 1290. The van der Waals surface area contributed by atoms with E-state index in [2.05, 4.69) is 27.9 Å². The molecule has 172 valence electrons. The number of amides is 2. The number of nitrogens with two attached hydrogens (primary N) is 1. The van der Waals surface area contributed by atoms with Crippen molar-refractivity contribution in [2.45, 2.75) is 31.7 Å². The highest BCUT2D eigenvalue weighted by molar-refractivity contribution is 7.89. The van der Waals surface area contributed by atoms with Gasteiger partial charge in [0.15, 0.2) is 5.75 Å². The zero-order chi connectivity index (χ0) is 23.8. The maximum atomic E-state index is 12.8. The fourth-order valence-corrected chi connectivity index (χ4v) is 3.86. The molecule has 0 fully saturated rings. The molecule has 0 saturated carbocycles. The number of fused-ring (bicyclic) bond motifs is 1. The minimum Gasteiger partial charge on any atom is -0.404 e. The monoisotopic (exact) mass is 489 g/mol. The van der Waals surface area contributed by atoms with E-state index in [1.807, 2.05) is 11.5 Å². The lowest BCUT2D eigenvalue weighted by molar-refractivity contribution is -0.274. The van der Waals surface area contributed by atoms with Gasteiger partial charge in [-0.1, -0.05) is 18.9 Å². The molecule has 1 heterocycles. The molecule has 0 aliphatic heterocycles. The van der Waals surface area contributed by atoms with Crippen LogP contribution in [-0.2, 0) is 16.6 Å². The number of rotatable bonds is 5. The number of para-hydroxylation sites is 1.